The van der Waals surface area contributed by atoms with Gasteiger partial charge in [0.15, 0.2) is 5.79 Å². The fourth-order valence-electron chi connectivity index (χ4n) is 2.60. The lowest BCUT2D eigenvalue weighted by atomic mass is 9.91. The molecule has 0 saturated carbocycles. The summed E-state index contributed by atoms with van der Waals surface area (Å²) in [6.07, 6.45) is -2.45. The Morgan fingerprint density at radius 2 is 2.00 bits per heavy atom. The summed E-state index contributed by atoms with van der Waals surface area (Å²) in [5, 5.41) is 40.4. The lowest BCUT2D eigenvalue weighted by Crippen LogP contribution is -2.61. The monoisotopic (exact) mass is 279 g/mol. The standard InChI is InChI=1S/C14H17NO5/c16-11-7-20-14(19,13(18)12(11)17)5-8-6-15-10-4-2-1-3-9(8)10/h1-4,6,11-13,15-19H,5,7H2/t11-,12+,13-,14+/m1/s1. The number of hydrogen-bond donors (Lipinski definition) is 5. The van der Waals surface area contributed by atoms with E-state index in [1.54, 1.807) is 6.20 Å². The van der Waals surface area contributed by atoms with Crippen LogP contribution in [0.3, 0.4) is 0 Å². The molecule has 0 radical (unpaired) electrons. The molecule has 20 heavy (non-hydrogen) atoms. The van der Waals surface area contributed by atoms with Crippen LogP contribution in [0.25, 0.3) is 10.9 Å². The summed E-state index contributed by atoms with van der Waals surface area (Å²) in [4.78, 5) is 3.07. The van der Waals surface area contributed by atoms with Crippen LogP contribution in [0.1, 0.15) is 5.56 Å². The molecule has 108 valence electrons. The summed E-state index contributed by atoms with van der Waals surface area (Å²) in [5.41, 5.74) is 1.68. The van der Waals surface area contributed by atoms with Crippen LogP contribution in [0.2, 0.25) is 0 Å². The molecule has 0 amide bonds. The second-order valence-electron chi connectivity index (χ2n) is 5.19. The van der Waals surface area contributed by atoms with Gasteiger partial charge in [0.05, 0.1) is 6.61 Å². The molecule has 6 nitrogen and oxygen atoms in total. The van der Waals surface area contributed by atoms with Crippen LogP contribution in [0.5, 0.6) is 0 Å². The molecule has 6 heteroatoms. The molecule has 4 atom stereocenters. The van der Waals surface area contributed by atoms with Crippen LogP contribution in [-0.4, -0.2) is 56.1 Å². The summed E-state index contributed by atoms with van der Waals surface area (Å²) < 4.78 is 5.16. The van der Waals surface area contributed by atoms with Gasteiger partial charge >= 0.3 is 0 Å². The van der Waals surface area contributed by atoms with E-state index in [1.165, 1.54) is 0 Å². The normalized spacial score (nSPS) is 34.5. The molecule has 2 aromatic rings. The Morgan fingerprint density at radius 3 is 2.80 bits per heavy atom. The zero-order valence-electron chi connectivity index (χ0n) is 10.7. The van der Waals surface area contributed by atoms with Gasteiger partial charge in [0.25, 0.3) is 0 Å². The molecule has 0 unspecified atom stereocenters. The van der Waals surface area contributed by atoms with Crippen molar-refractivity contribution in [1.29, 1.82) is 0 Å². The summed E-state index contributed by atoms with van der Waals surface area (Å²) in [5.74, 6) is -1.91. The first kappa shape index (κ1) is 13.5. The van der Waals surface area contributed by atoms with Gasteiger partial charge in [-0.3, -0.25) is 0 Å². The van der Waals surface area contributed by atoms with Crippen LogP contribution in [-0.2, 0) is 11.2 Å². The van der Waals surface area contributed by atoms with Crippen LogP contribution in [0.15, 0.2) is 30.5 Å². The highest BCUT2D eigenvalue weighted by atomic mass is 16.6. The molecule has 0 aliphatic carbocycles. The van der Waals surface area contributed by atoms with E-state index in [0.717, 1.165) is 16.5 Å². The topological polar surface area (TPSA) is 106 Å². The van der Waals surface area contributed by atoms with Crippen LogP contribution < -0.4 is 0 Å². The number of aromatic nitrogens is 1. The molecule has 2 heterocycles. The average Bonchev–Trinajstić information content (AvgIpc) is 2.85. The fraction of sp³-hybridized carbons (Fsp3) is 0.429. The number of hydrogen-bond acceptors (Lipinski definition) is 5. The molecule has 0 spiro atoms. The summed E-state index contributed by atoms with van der Waals surface area (Å²) in [6.45, 7) is -0.225. The summed E-state index contributed by atoms with van der Waals surface area (Å²) >= 11 is 0. The van der Waals surface area contributed by atoms with Crippen LogP contribution >= 0.6 is 0 Å². The molecule has 1 aromatic carbocycles. The average molecular weight is 279 g/mol. The SMILES string of the molecule is O[C@H]1[C@H](O)CO[C@@](O)(Cc2c[nH]c3ccccc23)[C@@H]1O. The molecule has 1 saturated heterocycles. The maximum atomic E-state index is 10.4. The minimum absolute atomic E-state index is 0.0158. The van der Waals surface area contributed by atoms with E-state index in [0.29, 0.717) is 0 Å². The van der Waals surface area contributed by atoms with Gasteiger partial charge in [0, 0.05) is 23.5 Å². The van der Waals surface area contributed by atoms with E-state index in [1.807, 2.05) is 24.3 Å². The third-order valence-corrected chi connectivity index (χ3v) is 3.80. The highest BCUT2D eigenvalue weighted by Gasteiger charge is 2.48. The van der Waals surface area contributed by atoms with Crippen molar-refractivity contribution in [3.63, 3.8) is 0 Å². The van der Waals surface area contributed by atoms with Crippen molar-refractivity contribution in [2.24, 2.45) is 0 Å². The van der Waals surface area contributed by atoms with E-state index < -0.39 is 24.1 Å². The molecule has 1 aliphatic rings. The Morgan fingerprint density at radius 1 is 1.25 bits per heavy atom. The second kappa shape index (κ2) is 4.83. The lowest BCUT2D eigenvalue weighted by molar-refractivity contribution is -0.320. The van der Waals surface area contributed by atoms with Crippen molar-refractivity contribution in [3.05, 3.63) is 36.0 Å². The van der Waals surface area contributed by atoms with Gasteiger partial charge in [-0.15, -0.1) is 0 Å². The zero-order chi connectivity index (χ0) is 14.3. The first-order chi connectivity index (χ1) is 9.51. The predicted octanol–water partition coefficient (Wildman–Crippen LogP) is -0.488. The third kappa shape index (κ3) is 2.11. The summed E-state index contributed by atoms with van der Waals surface area (Å²) in [7, 11) is 0. The Hall–Kier alpha value is -1.44. The highest BCUT2D eigenvalue weighted by molar-refractivity contribution is 5.83. The number of ether oxygens (including phenoxy) is 1. The smallest absolute Gasteiger partial charge is 0.198 e. The Balaban J connectivity index is 1.90. The molecule has 1 fully saturated rings. The van der Waals surface area contributed by atoms with Crippen molar-refractivity contribution < 1.29 is 25.2 Å². The van der Waals surface area contributed by atoms with Crippen molar-refractivity contribution in [2.45, 2.75) is 30.5 Å². The van der Waals surface area contributed by atoms with Gasteiger partial charge < -0.3 is 30.1 Å². The number of benzene rings is 1. The third-order valence-electron chi connectivity index (χ3n) is 3.80. The zero-order valence-corrected chi connectivity index (χ0v) is 10.7. The summed E-state index contributed by atoms with van der Waals surface area (Å²) in [6, 6.07) is 7.56. The van der Waals surface area contributed by atoms with E-state index in [4.69, 9.17) is 4.74 Å². The molecular formula is C14H17NO5. The lowest BCUT2D eigenvalue weighted by Gasteiger charge is -2.41. The van der Waals surface area contributed by atoms with Gasteiger partial charge in [0.2, 0.25) is 0 Å². The minimum Gasteiger partial charge on any atom is -0.388 e. The predicted molar refractivity (Wildman–Crippen MR) is 70.9 cm³/mol. The molecule has 1 aromatic heterocycles. The van der Waals surface area contributed by atoms with Crippen molar-refractivity contribution in [1.82, 2.24) is 4.98 Å². The molecule has 0 bridgehead atoms. The maximum absolute atomic E-state index is 10.4. The van der Waals surface area contributed by atoms with Crippen molar-refractivity contribution in [3.8, 4) is 0 Å². The second-order valence-corrected chi connectivity index (χ2v) is 5.19. The largest absolute Gasteiger partial charge is 0.388 e. The number of fused-ring (bicyclic) bond motifs is 1. The first-order valence-electron chi connectivity index (χ1n) is 6.47. The first-order valence-corrected chi connectivity index (χ1v) is 6.47. The Bertz CT molecular complexity index is 612. The van der Waals surface area contributed by atoms with Crippen molar-refractivity contribution in [2.75, 3.05) is 6.61 Å². The van der Waals surface area contributed by atoms with E-state index in [2.05, 4.69) is 4.98 Å². The van der Waals surface area contributed by atoms with Crippen LogP contribution in [0, 0.1) is 0 Å². The van der Waals surface area contributed by atoms with Crippen molar-refractivity contribution >= 4 is 10.9 Å². The minimum atomic E-state index is -1.91. The number of aromatic amines is 1. The van der Waals surface area contributed by atoms with Gasteiger partial charge in [-0.25, -0.2) is 0 Å². The number of aliphatic hydroxyl groups excluding tert-OH is 3. The van der Waals surface area contributed by atoms with E-state index in [-0.39, 0.29) is 13.0 Å². The van der Waals surface area contributed by atoms with Crippen LogP contribution in [0.4, 0.5) is 0 Å². The van der Waals surface area contributed by atoms with Gasteiger partial charge in [-0.1, -0.05) is 18.2 Å². The molecule has 1 aliphatic heterocycles. The Kier molecular flexibility index (Phi) is 3.27. The number of para-hydroxylation sites is 1. The van der Waals surface area contributed by atoms with E-state index >= 15 is 0 Å². The Labute approximate surface area is 115 Å². The van der Waals surface area contributed by atoms with Gasteiger partial charge in [-0.2, -0.15) is 0 Å². The fourth-order valence-corrected chi connectivity index (χ4v) is 2.60. The highest BCUT2D eigenvalue weighted by Crippen LogP contribution is 2.30. The number of nitrogens with one attached hydrogen (secondary N) is 1. The number of rotatable bonds is 2. The molecule has 3 rings (SSSR count). The maximum Gasteiger partial charge on any atom is 0.198 e. The quantitative estimate of drug-likeness (QED) is 0.510. The molecule has 5 N–H and O–H groups in total. The van der Waals surface area contributed by atoms with Gasteiger partial charge in [-0.05, 0) is 11.6 Å². The van der Waals surface area contributed by atoms with Gasteiger partial charge in [0.1, 0.15) is 18.3 Å². The molecular weight excluding hydrogens is 262 g/mol. The number of aliphatic hydroxyl groups is 4. The van der Waals surface area contributed by atoms with E-state index in [9.17, 15) is 20.4 Å². The number of H-pyrrole nitrogens is 1.